The maximum Gasteiger partial charge on any atom is 0.251 e. The van der Waals surface area contributed by atoms with Crippen molar-refractivity contribution in [3.63, 3.8) is 0 Å². The van der Waals surface area contributed by atoms with Gasteiger partial charge >= 0.3 is 0 Å². The number of aromatic nitrogens is 2. The first-order valence-electron chi connectivity index (χ1n) is 13.8. The Morgan fingerprint density at radius 3 is 2.36 bits per heavy atom. The van der Waals surface area contributed by atoms with Crippen LogP contribution in [0, 0.1) is 20.8 Å². The van der Waals surface area contributed by atoms with E-state index >= 15 is 0 Å². The number of benzene rings is 1. The predicted octanol–water partition coefficient (Wildman–Crippen LogP) is 5.94. The van der Waals surface area contributed by atoms with Gasteiger partial charge in [-0.25, -0.2) is 0 Å². The van der Waals surface area contributed by atoms with Crippen LogP contribution in [0.4, 0.5) is 5.69 Å². The Hall–Kier alpha value is -3.16. The zero-order valence-electron chi connectivity index (χ0n) is 24.1. The molecule has 1 amide bonds. The number of aromatic amines is 1. The molecule has 0 unspecified atom stereocenters. The first kappa shape index (κ1) is 30.4. The summed E-state index contributed by atoms with van der Waals surface area (Å²) in [6.07, 6.45) is 7.95. The molecule has 1 aliphatic rings. The lowest BCUT2D eigenvalue weighted by Gasteiger charge is -2.37. The van der Waals surface area contributed by atoms with E-state index in [9.17, 15) is 9.59 Å². The van der Waals surface area contributed by atoms with E-state index in [0.717, 1.165) is 34.6 Å². The molecule has 0 aliphatic heterocycles. The Labute approximate surface area is 237 Å². The number of pyridine rings is 2. The monoisotopic (exact) mass is 551 g/mol. The van der Waals surface area contributed by atoms with E-state index in [-0.39, 0.29) is 23.0 Å². The number of hydrogen-bond donors (Lipinski definition) is 3. The maximum absolute atomic E-state index is 13.5. The number of anilines is 1. The highest BCUT2D eigenvalue weighted by Gasteiger charge is 2.24. The molecule has 2 aromatic heterocycles. The molecule has 7 nitrogen and oxygen atoms in total. The maximum atomic E-state index is 13.5. The van der Waals surface area contributed by atoms with Crippen LogP contribution >= 0.6 is 11.6 Å². The molecule has 0 atom stereocenters. The normalized spacial score (nSPS) is 13.4. The Morgan fingerprint density at radius 2 is 1.77 bits per heavy atom. The molecule has 0 spiro atoms. The summed E-state index contributed by atoms with van der Waals surface area (Å²) in [4.78, 5) is 35.8. The lowest BCUT2D eigenvalue weighted by atomic mass is 9.91. The summed E-state index contributed by atoms with van der Waals surface area (Å²) in [6, 6.07) is 10.1. The molecule has 8 heteroatoms. The Bertz CT molecular complexity index is 1310. The van der Waals surface area contributed by atoms with Crippen LogP contribution in [-0.2, 0) is 6.54 Å². The molecular formula is C31H42ClN5O2. The van der Waals surface area contributed by atoms with Crippen molar-refractivity contribution in [3.05, 3.63) is 80.0 Å². The molecule has 3 aromatic rings. The van der Waals surface area contributed by atoms with Gasteiger partial charge in [0.25, 0.3) is 5.91 Å². The SMILES string of the molecule is CCN(c1cc(-c2ccc(C)nc2)cc(C(=O)NCc2c(Cl)[nH]c(C)cc2=O)c1C)C1CCCCC1.CNC. The molecule has 1 aliphatic carbocycles. The number of rotatable bonds is 7. The number of carbonyl (C=O) groups is 1. The minimum Gasteiger partial charge on any atom is -0.369 e. The Morgan fingerprint density at radius 1 is 1.08 bits per heavy atom. The Balaban J connectivity index is 0.00000134. The van der Waals surface area contributed by atoms with Crippen LogP contribution in [0.1, 0.15) is 71.9 Å². The van der Waals surface area contributed by atoms with E-state index in [2.05, 4.69) is 38.5 Å². The third kappa shape index (κ3) is 7.70. The largest absolute Gasteiger partial charge is 0.369 e. The van der Waals surface area contributed by atoms with Gasteiger partial charge in [0.2, 0.25) is 0 Å². The van der Waals surface area contributed by atoms with Crippen LogP contribution < -0.4 is 21.0 Å². The van der Waals surface area contributed by atoms with Gasteiger partial charge in [-0.15, -0.1) is 0 Å². The summed E-state index contributed by atoms with van der Waals surface area (Å²) >= 11 is 6.26. The highest BCUT2D eigenvalue weighted by atomic mass is 35.5. The van der Waals surface area contributed by atoms with Gasteiger partial charge in [0.05, 0.1) is 5.56 Å². The van der Waals surface area contributed by atoms with Crippen LogP contribution in [0.3, 0.4) is 0 Å². The van der Waals surface area contributed by atoms with Gasteiger partial charge in [0.15, 0.2) is 5.43 Å². The fourth-order valence-electron chi connectivity index (χ4n) is 5.16. The molecule has 210 valence electrons. The fraction of sp³-hybridized carbons (Fsp3) is 0.452. The zero-order chi connectivity index (χ0) is 28.5. The number of amides is 1. The summed E-state index contributed by atoms with van der Waals surface area (Å²) in [5.74, 6) is -0.230. The summed E-state index contributed by atoms with van der Waals surface area (Å²) < 4.78 is 0. The van der Waals surface area contributed by atoms with Gasteiger partial charge in [-0.1, -0.05) is 36.9 Å². The number of H-pyrrole nitrogens is 1. The first-order valence-corrected chi connectivity index (χ1v) is 14.2. The molecular weight excluding hydrogens is 510 g/mol. The topological polar surface area (TPSA) is 90.1 Å². The van der Waals surface area contributed by atoms with Gasteiger partial charge < -0.3 is 20.5 Å². The predicted molar refractivity (Wildman–Crippen MR) is 162 cm³/mol. The number of nitrogens with zero attached hydrogens (tertiary/aromatic N) is 2. The molecule has 0 saturated heterocycles. The molecule has 1 aromatic carbocycles. The molecule has 0 bridgehead atoms. The van der Waals surface area contributed by atoms with Crippen molar-refractivity contribution in [2.75, 3.05) is 25.5 Å². The number of hydrogen-bond acceptors (Lipinski definition) is 5. The second-order valence-electron chi connectivity index (χ2n) is 10.2. The number of carbonyl (C=O) groups excluding carboxylic acids is 1. The minimum absolute atomic E-state index is 0.0541. The molecule has 39 heavy (non-hydrogen) atoms. The highest BCUT2D eigenvalue weighted by molar-refractivity contribution is 6.30. The lowest BCUT2D eigenvalue weighted by molar-refractivity contribution is 0.0950. The summed E-state index contributed by atoms with van der Waals surface area (Å²) in [5, 5.41) is 5.94. The van der Waals surface area contributed by atoms with Crippen molar-refractivity contribution in [3.8, 4) is 11.1 Å². The van der Waals surface area contributed by atoms with Gasteiger partial charge in [0.1, 0.15) is 5.15 Å². The van der Waals surface area contributed by atoms with Gasteiger partial charge in [0, 0.05) is 59.6 Å². The lowest BCUT2D eigenvalue weighted by Crippen LogP contribution is -2.37. The summed E-state index contributed by atoms with van der Waals surface area (Å²) in [6.45, 7) is 8.86. The van der Waals surface area contributed by atoms with Crippen LogP contribution in [-0.4, -0.2) is 42.6 Å². The van der Waals surface area contributed by atoms with Crippen LogP contribution in [0.5, 0.6) is 0 Å². The first-order chi connectivity index (χ1) is 18.7. The fourth-order valence-corrected chi connectivity index (χ4v) is 5.47. The number of nitrogens with one attached hydrogen (secondary N) is 3. The smallest absolute Gasteiger partial charge is 0.251 e. The standard InChI is InChI=1S/C29H35ClN4O2.C2H7N/c1-5-34(23-9-7-6-8-10-23)26-15-22(21-12-11-18(2)31-16-21)14-24(20(26)4)29(36)32-17-25-27(35)13-19(3)33-28(25)30;1-3-2/h11-16,23H,5-10,17H2,1-4H3,(H,32,36)(H,33,35);3H,1-2H3. The van der Waals surface area contributed by atoms with Crippen molar-refractivity contribution >= 4 is 23.2 Å². The van der Waals surface area contributed by atoms with Crippen molar-refractivity contribution in [1.29, 1.82) is 0 Å². The van der Waals surface area contributed by atoms with E-state index < -0.39 is 0 Å². The van der Waals surface area contributed by atoms with Crippen molar-refractivity contribution < 1.29 is 4.79 Å². The quantitative estimate of drug-likeness (QED) is 0.316. The van der Waals surface area contributed by atoms with Crippen LogP contribution in [0.25, 0.3) is 11.1 Å². The van der Waals surface area contributed by atoms with Gasteiger partial charge in [-0.2, -0.15) is 0 Å². The van der Waals surface area contributed by atoms with E-state index in [1.165, 1.54) is 38.2 Å². The third-order valence-electron chi connectivity index (χ3n) is 7.18. The van der Waals surface area contributed by atoms with Crippen molar-refractivity contribution in [2.24, 2.45) is 0 Å². The molecule has 4 rings (SSSR count). The second-order valence-corrected chi connectivity index (χ2v) is 10.6. The molecule has 1 saturated carbocycles. The summed E-state index contributed by atoms with van der Waals surface area (Å²) in [7, 11) is 3.75. The zero-order valence-corrected chi connectivity index (χ0v) is 24.8. The minimum atomic E-state index is -0.230. The average Bonchev–Trinajstić information content (AvgIpc) is 2.91. The highest BCUT2D eigenvalue weighted by Crippen LogP contribution is 2.35. The average molecular weight is 552 g/mol. The van der Waals surface area contributed by atoms with Gasteiger partial charge in [-0.3, -0.25) is 14.6 Å². The molecule has 1 fully saturated rings. The summed E-state index contributed by atoms with van der Waals surface area (Å²) in [5.41, 5.74) is 6.32. The molecule has 0 radical (unpaired) electrons. The van der Waals surface area contributed by atoms with E-state index in [1.807, 2.05) is 52.3 Å². The van der Waals surface area contributed by atoms with Gasteiger partial charge in [-0.05, 0) is 84.0 Å². The van der Waals surface area contributed by atoms with Crippen LogP contribution in [0.15, 0.2) is 41.3 Å². The Kier molecular flexibility index (Phi) is 11.1. The molecule has 3 N–H and O–H groups in total. The van der Waals surface area contributed by atoms with E-state index in [4.69, 9.17) is 11.6 Å². The number of halogens is 1. The molecule has 2 heterocycles. The van der Waals surface area contributed by atoms with E-state index in [1.54, 1.807) is 6.92 Å². The third-order valence-corrected chi connectivity index (χ3v) is 7.50. The number of aryl methyl sites for hydroxylation is 2. The second kappa shape index (κ2) is 14.3. The van der Waals surface area contributed by atoms with E-state index in [0.29, 0.717) is 22.9 Å². The van der Waals surface area contributed by atoms with Crippen molar-refractivity contribution in [1.82, 2.24) is 20.6 Å². The van der Waals surface area contributed by atoms with Crippen LogP contribution in [0.2, 0.25) is 5.15 Å². The van der Waals surface area contributed by atoms with Crippen molar-refractivity contribution in [2.45, 2.75) is 72.4 Å².